The molecule has 8 heteroatoms. The molecule has 1 saturated heterocycles. The maximum Gasteiger partial charge on any atom is 0.149 e. The van der Waals surface area contributed by atoms with Gasteiger partial charge in [-0.15, -0.1) is 0 Å². The number of pyridine rings is 1. The molecule has 1 aliphatic heterocycles. The molecule has 1 aromatic heterocycles. The van der Waals surface area contributed by atoms with Crippen LogP contribution in [0.3, 0.4) is 0 Å². The molecule has 1 atom stereocenters. The number of rotatable bonds is 10. The molecule has 2 aromatic rings. The van der Waals surface area contributed by atoms with Crippen LogP contribution in [0.1, 0.15) is 45.4 Å². The van der Waals surface area contributed by atoms with E-state index >= 15 is 0 Å². The third kappa shape index (κ3) is 7.35. The van der Waals surface area contributed by atoms with Gasteiger partial charge >= 0.3 is 0 Å². The smallest absolute Gasteiger partial charge is 0.149 e. The molecule has 4 rings (SSSR count). The second-order valence-corrected chi connectivity index (χ2v) is 9.90. The number of hydrogen-bond acceptors (Lipinski definition) is 6. The van der Waals surface area contributed by atoms with E-state index in [0.717, 1.165) is 51.7 Å². The Kier molecular flexibility index (Phi) is 9.29. The molecule has 1 aromatic carbocycles. The number of aromatic nitrogens is 1. The van der Waals surface area contributed by atoms with E-state index in [9.17, 15) is 8.78 Å². The largest absolute Gasteiger partial charge is 0.383 e. The average Bonchev–Trinajstić information content (AvgIpc) is 2.87. The molecule has 2 aliphatic rings. The molecule has 0 bridgehead atoms. The Labute approximate surface area is 207 Å². The highest BCUT2D eigenvalue weighted by Gasteiger charge is 2.23. The molecule has 192 valence electrons. The number of hydrogen-bond donors (Lipinski definition) is 3. The van der Waals surface area contributed by atoms with E-state index < -0.39 is 5.82 Å². The minimum absolute atomic E-state index is 0.293. The maximum absolute atomic E-state index is 14.7. The van der Waals surface area contributed by atoms with Crippen molar-refractivity contribution in [3.8, 4) is 11.1 Å². The topological polar surface area (TPSA) is 67.4 Å². The summed E-state index contributed by atoms with van der Waals surface area (Å²) in [6, 6.07) is 7.55. The monoisotopic (exact) mass is 488 g/mol. The lowest BCUT2D eigenvalue weighted by Crippen LogP contribution is -2.42. The van der Waals surface area contributed by atoms with Crippen molar-refractivity contribution >= 4 is 11.5 Å². The molecule has 0 amide bonds. The Hall–Kier alpha value is -2.29. The third-order valence-corrected chi connectivity index (χ3v) is 7.07. The minimum Gasteiger partial charge on any atom is -0.383 e. The molecule has 0 spiro atoms. The van der Waals surface area contributed by atoms with Crippen LogP contribution in [0.4, 0.5) is 20.3 Å². The van der Waals surface area contributed by atoms with Crippen molar-refractivity contribution in [1.82, 2.24) is 10.3 Å². The van der Waals surface area contributed by atoms with E-state index in [1.807, 2.05) is 0 Å². The summed E-state index contributed by atoms with van der Waals surface area (Å²) in [4.78, 5) is 4.27. The van der Waals surface area contributed by atoms with Crippen LogP contribution in [-0.4, -0.2) is 56.6 Å². The molecule has 0 unspecified atom stereocenters. The highest BCUT2D eigenvalue weighted by molar-refractivity contribution is 5.71. The summed E-state index contributed by atoms with van der Waals surface area (Å²) < 4.78 is 39.8. The summed E-state index contributed by atoms with van der Waals surface area (Å²) >= 11 is 0. The van der Waals surface area contributed by atoms with Gasteiger partial charge in [0.25, 0.3) is 0 Å². The van der Waals surface area contributed by atoms with E-state index in [4.69, 9.17) is 9.47 Å². The fourth-order valence-electron chi connectivity index (χ4n) is 5.09. The Morgan fingerprint density at radius 2 is 1.77 bits per heavy atom. The van der Waals surface area contributed by atoms with Crippen molar-refractivity contribution in [3.05, 3.63) is 42.1 Å². The molecule has 1 saturated carbocycles. The number of anilines is 2. The highest BCUT2D eigenvalue weighted by Crippen LogP contribution is 2.30. The Morgan fingerprint density at radius 1 is 1.03 bits per heavy atom. The van der Waals surface area contributed by atoms with Crippen LogP contribution in [0, 0.1) is 17.6 Å². The van der Waals surface area contributed by atoms with Crippen molar-refractivity contribution < 1.29 is 18.3 Å². The summed E-state index contributed by atoms with van der Waals surface area (Å²) in [7, 11) is 1.72. The maximum atomic E-state index is 14.7. The van der Waals surface area contributed by atoms with Gasteiger partial charge in [0, 0.05) is 50.6 Å². The lowest BCUT2D eigenvalue weighted by atomic mass is 9.90. The van der Waals surface area contributed by atoms with Gasteiger partial charge in [-0.3, -0.25) is 0 Å². The molecular weight excluding hydrogens is 450 g/mol. The molecule has 1 aliphatic carbocycles. The Morgan fingerprint density at radius 3 is 2.51 bits per heavy atom. The zero-order valence-corrected chi connectivity index (χ0v) is 20.8. The van der Waals surface area contributed by atoms with Gasteiger partial charge in [-0.25, -0.2) is 13.8 Å². The minimum atomic E-state index is -0.419. The molecule has 3 N–H and O–H groups in total. The lowest BCUT2D eigenvalue weighted by Gasteiger charge is -2.31. The first kappa shape index (κ1) is 25.8. The van der Waals surface area contributed by atoms with Crippen LogP contribution in [0.5, 0.6) is 0 Å². The average molecular weight is 489 g/mol. The molecule has 6 nitrogen and oxygen atoms in total. The van der Waals surface area contributed by atoms with Crippen LogP contribution >= 0.6 is 0 Å². The van der Waals surface area contributed by atoms with Crippen molar-refractivity contribution in [3.63, 3.8) is 0 Å². The number of ether oxygens (including phenoxy) is 2. The highest BCUT2D eigenvalue weighted by atomic mass is 19.1. The summed E-state index contributed by atoms with van der Waals surface area (Å²) in [5.74, 6) is 0.344. The summed E-state index contributed by atoms with van der Waals surface area (Å²) in [6.45, 7) is 5.02. The first-order valence-corrected chi connectivity index (χ1v) is 12.8. The standard InChI is InChI=1S/C27H38F2N4O2/c1-18(17-34-2)32-21-4-6-22(7-5-21)33-27-14-23(25(29)16-31-27)20-3-8-24(28)26(13-20)30-15-19-9-11-35-12-10-19/h3,8,13-14,16,18-19,21-22,30,32H,4-7,9-12,15,17H2,1-2H3,(H,31,33)/t18-,21-,22-/m0/s1. The second kappa shape index (κ2) is 12.6. The SMILES string of the molecule is COC[C@H](C)N[C@H]1CC[C@H](Nc2cc(-c3ccc(F)c(NCC4CCOCC4)c3)c(F)cn2)CC1. The predicted molar refractivity (Wildman–Crippen MR) is 136 cm³/mol. The summed E-state index contributed by atoms with van der Waals surface area (Å²) in [5.41, 5.74) is 1.44. The van der Waals surface area contributed by atoms with Crippen LogP contribution < -0.4 is 16.0 Å². The van der Waals surface area contributed by atoms with Gasteiger partial charge in [0.2, 0.25) is 0 Å². The number of nitrogens with one attached hydrogen (secondary N) is 3. The van der Waals surface area contributed by atoms with E-state index in [1.54, 1.807) is 25.3 Å². The normalized spacial score (nSPS) is 22.1. The number of benzene rings is 1. The zero-order valence-electron chi connectivity index (χ0n) is 20.8. The van der Waals surface area contributed by atoms with Gasteiger partial charge in [-0.05, 0) is 75.1 Å². The second-order valence-electron chi connectivity index (χ2n) is 9.90. The van der Waals surface area contributed by atoms with Gasteiger partial charge in [0.1, 0.15) is 17.5 Å². The van der Waals surface area contributed by atoms with Gasteiger partial charge in [0.05, 0.1) is 18.5 Å². The van der Waals surface area contributed by atoms with Crippen LogP contribution in [0.25, 0.3) is 11.1 Å². The van der Waals surface area contributed by atoms with Gasteiger partial charge in [-0.2, -0.15) is 0 Å². The lowest BCUT2D eigenvalue weighted by molar-refractivity contribution is 0.0699. The van der Waals surface area contributed by atoms with Gasteiger partial charge in [-0.1, -0.05) is 6.07 Å². The van der Waals surface area contributed by atoms with Crippen LogP contribution in [-0.2, 0) is 9.47 Å². The first-order valence-electron chi connectivity index (χ1n) is 12.8. The molecule has 2 fully saturated rings. The molecular formula is C27H38F2N4O2. The van der Waals surface area contributed by atoms with E-state index in [2.05, 4.69) is 27.9 Å². The predicted octanol–water partition coefficient (Wildman–Crippen LogP) is 5.21. The molecule has 35 heavy (non-hydrogen) atoms. The van der Waals surface area contributed by atoms with Gasteiger partial charge < -0.3 is 25.4 Å². The Balaban J connectivity index is 1.37. The fraction of sp³-hybridized carbons (Fsp3) is 0.593. The van der Waals surface area contributed by atoms with E-state index in [-0.39, 0.29) is 5.82 Å². The Bertz CT molecular complexity index is 947. The zero-order chi connectivity index (χ0) is 24.6. The first-order chi connectivity index (χ1) is 17.0. The summed E-state index contributed by atoms with van der Waals surface area (Å²) in [6.07, 6.45) is 7.35. The summed E-state index contributed by atoms with van der Waals surface area (Å²) in [5, 5.41) is 10.3. The van der Waals surface area contributed by atoms with E-state index in [1.165, 1.54) is 12.3 Å². The van der Waals surface area contributed by atoms with Crippen molar-refractivity contribution in [2.24, 2.45) is 5.92 Å². The third-order valence-electron chi connectivity index (χ3n) is 7.07. The van der Waals surface area contributed by atoms with Gasteiger partial charge in [0.15, 0.2) is 0 Å². The van der Waals surface area contributed by atoms with Crippen LogP contribution in [0.15, 0.2) is 30.5 Å². The fourth-order valence-corrected chi connectivity index (χ4v) is 5.09. The molecule has 0 radical (unpaired) electrons. The van der Waals surface area contributed by atoms with Crippen LogP contribution in [0.2, 0.25) is 0 Å². The molecule has 2 heterocycles. The van der Waals surface area contributed by atoms with E-state index in [0.29, 0.717) is 59.8 Å². The quantitative estimate of drug-likeness (QED) is 0.427. The van der Waals surface area contributed by atoms with Crippen molar-refractivity contribution in [2.45, 2.75) is 63.6 Å². The van der Waals surface area contributed by atoms with Crippen molar-refractivity contribution in [1.29, 1.82) is 0 Å². The number of methoxy groups -OCH3 is 1. The number of nitrogens with zero attached hydrogens (tertiary/aromatic N) is 1. The van der Waals surface area contributed by atoms with Crippen molar-refractivity contribution in [2.75, 3.05) is 44.1 Å². The number of halogens is 2.